The number of anilines is 1. The zero-order valence-corrected chi connectivity index (χ0v) is 12.3. The summed E-state index contributed by atoms with van der Waals surface area (Å²) in [6.07, 6.45) is 1.55. The smallest absolute Gasteiger partial charge is 0.341 e. The van der Waals surface area contributed by atoms with Crippen LogP contribution >= 0.6 is 0 Å². The Hall–Kier alpha value is -2.11. The standard InChI is InChI=1S/C14H21N3O3/c1-5-20-14(19)11-7-6-8-15-12(11)17-10(4)13(18)16-9(2)3/h6-10H,5H2,1-4H3,(H,15,17)(H,16,18). The van der Waals surface area contributed by atoms with Gasteiger partial charge < -0.3 is 15.4 Å². The van der Waals surface area contributed by atoms with Crippen molar-refractivity contribution in [1.82, 2.24) is 10.3 Å². The molecule has 6 nitrogen and oxygen atoms in total. The molecular weight excluding hydrogens is 258 g/mol. The van der Waals surface area contributed by atoms with Gasteiger partial charge in [-0.2, -0.15) is 0 Å². The molecule has 0 saturated heterocycles. The van der Waals surface area contributed by atoms with Gasteiger partial charge in [-0.05, 0) is 39.8 Å². The van der Waals surface area contributed by atoms with E-state index in [9.17, 15) is 9.59 Å². The van der Waals surface area contributed by atoms with E-state index in [4.69, 9.17) is 4.74 Å². The van der Waals surface area contributed by atoms with Gasteiger partial charge in [0, 0.05) is 12.2 Å². The van der Waals surface area contributed by atoms with Crippen LogP contribution in [0.1, 0.15) is 38.1 Å². The Balaban J connectivity index is 2.82. The Morgan fingerprint density at radius 3 is 2.65 bits per heavy atom. The van der Waals surface area contributed by atoms with E-state index in [1.54, 1.807) is 32.2 Å². The number of esters is 1. The molecular formula is C14H21N3O3. The lowest BCUT2D eigenvalue weighted by atomic mass is 10.2. The number of ether oxygens (including phenoxy) is 1. The Kier molecular flexibility index (Phi) is 5.96. The first-order valence-corrected chi connectivity index (χ1v) is 6.64. The van der Waals surface area contributed by atoms with Gasteiger partial charge in [-0.25, -0.2) is 9.78 Å². The lowest BCUT2D eigenvalue weighted by molar-refractivity contribution is -0.122. The van der Waals surface area contributed by atoms with Crippen LogP contribution in [0.15, 0.2) is 18.3 Å². The van der Waals surface area contributed by atoms with E-state index in [0.717, 1.165) is 0 Å². The average Bonchev–Trinajstić information content (AvgIpc) is 2.38. The second kappa shape index (κ2) is 7.47. The first kappa shape index (κ1) is 15.9. The van der Waals surface area contributed by atoms with Crippen LogP contribution < -0.4 is 10.6 Å². The number of pyridine rings is 1. The Labute approximate surface area is 118 Å². The van der Waals surface area contributed by atoms with Crippen molar-refractivity contribution < 1.29 is 14.3 Å². The largest absolute Gasteiger partial charge is 0.462 e. The molecule has 1 aromatic rings. The molecule has 20 heavy (non-hydrogen) atoms. The maximum atomic E-state index is 11.8. The van der Waals surface area contributed by atoms with Gasteiger partial charge in [-0.1, -0.05) is 0 Å². The zero-order chi connectivity index (χ0) is 15.1. The van der Waals surface area contributed by atoms with E-state index >= 15 is 0 Å². The minimum absolute atomic E-state index is 0.0556. The molecule has 0 aliphatic carbocycles. The van der Waals surface area contributed by atoms with Crippen molar-refractivity contribution in [3.63, 3.8) is 0 Å². The molecule has 0 bridgehead atoms. The summed E-state index contributed by atoms with van der Waals surface area (Å²) >= 11 is 0. The van der Waals surface area contributed by atoms with Crippen LogP contribution in [0, 0.1) is 0 Å². The topological polar surface area (TPSA) is 80.3 Å². The normalized spacial score (nSPS) is 11.8. The Morgan fingerprint density at radius 1 is 1.35 bits per heavy atom. The van der Waals surface area contributed by atoms with Crippen LogP contribution in [0.2, 0.25) is 0 Å². The van der Waals surface area contributed by atoms with Crippen LogP contribution in [-0.4, -0.2) is 35.6 Å². The molecule has 2 N–H and O–H groups in total. The van der Waals surface area contributed by atoms with Crippen LogP contribution in [0.25, 0.3) is 0 Å². The highest BCUT2D eigenvalue weighted by Crippen LogP contribution is 2.14. The number of hydrogen-bond acceptors (Lipinski definition) is 5. The van der Waals surface area contributed by atoms with Gasteiger partial charge in [-0.15, -0.1) is 0 Å². The molecule has 0 aliphatic rings. The van der Waals surface area contributed by atoms with Crippen LogP contribution in [-0.2, 0) is 9.53 Å². The number of hydrogen-bond donors (Lipinski definition) is 2. The fourth-order valence-corrected chi connectivity index (χ4v) is 1.57. The summed E-state index contributed by atoms with van der Waals surface area (Å²) in [5.41, 5.74) is 0.318. The number of nitrogens with zero attached hydrogens (tertiary/aromatic N) is 1. The molecule has 1 amide bonds. The quantitative estimate of drug-likeness (QED) is 0.773. The second-order valence-corrected chi connectivity index (χ2v) is 4.65. The molecule has 0 saturated carbocycles. The fraction of sp³-hybridized carbons (Fsp3) is 0.500. The van der Waals surface area contributed by atoms with Crippen molar-refractivity contribution in [3.8, 4) is 0 Å². The average molecular weight is 279 g/mol. The number of carbonyl (C=O) groups excluding carboxylic acids is 2. The predicted molar refractivity (Wildman–Crippen MR) is 76.6 cm³/mol. The van der Waals surface area contributed by atoms with E-state index in [0.29, 0.717) is 11.4 Å². The van der Waals surface area contributed by atoms with Gasteiger partial charge in [0.15, 0.2) is 0 Å². The van der Waals surface area contributed by atoms with E-state index in [-0.39, 0.29) is 18.6 Å². The van der Waals surface area contributed by atoms with Gasteiger partial charge in [0.1, 0.15) is 17.4 Å². The van der Waals surface area contributed by atoms with Crippen molar-refractivity contribution in [1.29, 1.82) is 0 Å². The molecule has 110 valence electrons. The molecule has 0 aliphatic heterocycles. The van der Waals surface area contributed by atoms with Crippen molar-refractivity contribution in [3.05, 3.63) is 23.9 Å². The molecule has 1 aromatic heterocycles. The highest BCUT2D eigenvalue weighted by atomic mass is 16.5. The number of nitrogens with one attached hydrogen (secondary N) is 2. The molecule has 6 heteroatoms. The highest BCUT2D eigenvalue weighted by Gasteiger charge is 2.18. The van der Waals surface area contributed by atoms with Crippen LogP contribution in [0.4, 0.5) is 5.82 Å². The van der Waals surface area contributed by atoms with Crippen LogP contribution in [0.5, 0.6) is 0 Å². The van der Waals surface area contributed by atoms with Crippen molar-refractivity contribution in [2.24, 2.45) is 0 Å². The lowest BCUT2D eigenvalue weighted by Gasteiger charge is -2.17. The van der Waals surface area contributed by atoms with Gasteiger partial charge in [0.25, 0.3) is 0 Å². The van der Waals surface area contributed by atoms with Crippen LogP contribution in [0.3, 0.4) is 0 Å². The van der Waals surface area contributed by atoms with Crippen molar-refractivity contribution in [2.45, 2.75) is 39.8 Å². The van der Waals surface area contributed by atoms with E-state index in [2.05, 4.69) is 15.6 Å². The molecule has 0 fully saturated rings. The summed E-state index contributed by atoms with van der Waals surface area (Å²) in [4.78, 5) is 27.7. The maximum absolute atomic E-state index is 11.8. The summed E-state index contributed by atoms with van der Waals surface area (Å²) in [7, 11) is 0. The maximum Gasteiger partial charge on any atom is 0.341 e. The third kappa shape index (κ3) is 4.53. The van der Waals surface area contributed by atoms with Crippen molar-refractivity contribution >= 4 is 17.7 Å². The fourth-order valence-electron chi connectivity index (χ4n) is 1.57. The molecule has 0 spiro atoms. The first-order chi connectivity index (χ1) is 9.45. The molecule has 1 rings (SSSR count). The predicted octanol–water partition coefficient (Wildman–Crippen LogP) is 1.58. The molecule has 1 atom stereocenters. The van der Waals surface area contributed by atoms with E-state index < -0.39 is 12.0 Å². The van der Waals surface area contributed by atoms with Gasteiger partial charge in [-0.3, -0.25) is 4.79 Å². The Bertz CT molecular complexity index is 474. The van der Waals surface area contributed by atoms with E-state index in [1.807, 2.05) is 13.8 Å². The third-order valence-electron chi connectivity index (χ3n) is 2.48. The molecule has 1 heterocycles. The molecule has 0 radical (unpaired) electrons. The lowest BCUT2D eigenvalue weighted by Crippen LogP contribution is -2.41. The summed E-state index contributed by atoms with van der Waals surface area (Å²) in [6.45, 7) is 7.50. The summed E-state index contributed by atoms with van der Waals surface area (Å²) in [5, 5.41) is 5.72. The Morgan fingerprint density at radius 2 is 2.05 bits per heavy atom. The van der Waals surface area contributed by atoms with Gasteiger partial charge in [0.2, 0.25) is 5.91 Å². The highest BCUT2D eigenvalue weighted by molar-refractivity contribution is 5.95. The summed E-state index contributed by atoms with van der Waals surface area (Å²) < 4.78 is 4.96. The SMILES string of the molecule is CCOC(=O)c1cccnc1NC(C)C(=O)NC(C)C. The van der Waals surface area contributed by atoms with E-state index in [1.165, 1.54) is 0 Å². The minimum Gasteiger partial charge on any atom is -0.462 e. The number of aromatic nitrogens is 1. The zero-order valence-electron chi connectivity index (χ0n) is 12.3. The monoisotopic (exact) mass is 279 g/mol. The van der Waals surface area contributed by atoms with Gasteiger partial charge >= 0.3 is 5.97 Å². The minimum atomic E-state index is -0.500. The summed E-state index contributed by atoms with van der Waals surface area (Å²) in [6, 6.07) is 2.82. The van der Waals surface area contributed by atoms with Crippen molar-refractivity contribution in [2.75, 3.05) is 11.9 Å². The first-order valence-electron chi connectivity index (χ1n) is 6.64. The van der Waals surface area contributed by atoms with Gasteiger partial charge in [0.05, 0.1) is 6.61 Å². The summed E-state index contributed by atoms with van der Waals surface area (Å²) in [5.74, 6) is -0.266. The number of amides is 1. The molecule has 0 aromatic carbocycles. The number of rotatable bonds is 6. The number of carbonyl (C=O) groups is 2. The third-order valence-corrected chi connectivity index (χ3v) is 2.48. The molecule has 1 unspecified atom stereocenters. The second-order valence-electron chi connectivity index (χ2n) is 4.65.